The number of rotatable bonds is 4. The van der Waals surface area contributed by atoms with Crippen LogP contribution in [0.2, 0.25) is 0 Å². The maximum Gasteiger partial charge on any atom is 0.325 e. The van der Waals surface area contributed by atoms with Gasteiger partial charge in [0.25, 0.3) is 5.91 Å². The summed E-state index contributed by atoms with van der Waals surface area (Å²) >= 11 is 1.31. The van der Waals surface area contributed by atoms with Gasteiger partial charge in [0.1, 0.15) is 10.9 Å². The second-order valence-electron chi connectivity index (χ2n) is 3.41. The largest absolute Gasteiger partial charge is 0.480 e. The molecule has 1 rings (SSSR count). The van der Waals surface area contributed by atoms with Crippen LogP contribution < -0.4 is 5.32 Å². The van der Waals surface area contributed by atoms with E-state index in [1.165, 1.54) is 18.3 Å². The molecule has 0 aliphatic carbocycles. The van der Waals surface area contributed by atoms with Crippen molar-refractivity contribution in [3.63, 3.8) is 0 Å². The highest BCUT2D eigenvalue weighted by atomic mass is 32.1. The van der Waals surface area contributed by atoms with Gasteiger partial charge in [0.05, 0.1) is 10.7 Å². The van der Waals surface area contributed by atoms with Gasteiger partial charge < -0.3 is 10.4 Å². The van der Waals surface area contributed by atoms with Crippen molar-refractivity contribution in [2.24, 2.45) is 0 Å². The standard InChI is InChI=1S/C10H14N2O3S/c1-4-7-11-5(2)8(16-7)9(13)12-6(3)10(14)15/h6H,4H2,1-3H3,(H,12,13)(H,14,15)/t6-/m0/s1. The van der Waals surface area contributed by atoms with E-state index in [0.29, 0.717) is 10.6 Å². The van der Waals surface area contributed by atoms with E-state index in [-0.39, 0.29) is 5.91 Å². The Balaban J connectivity index is 2.80. The smallest absolute Gasteiger partial charge is 0.325 e. The van der Waals surface area contributed by atoms with Crippen molar-refractivity contribution in [2.45, 2.75) is 33.2 Å². The molecule has 2 N–H and O–H groups in total. The van der Waals surface area contributed by atoms with E-state index in [2.05, 4.69) is 10.3 Å². The van der Waals surface area contributed by atoms with E-state index in [0.717, 1.165) is 11.4 Å². The van der Waals surface area contributed by atoms with Crippen LogP contribution in [-0.4, -0.2) is 28.0 Å². The zero-order chi connectivity index (χ0) is 12.3. The quantitative estimate of drug-likeness (QED) is 0.832. The summed E-state index contributed by atoms with van der Waals surface area (Å²) in [6, 6.07) is -0.890. The third-order valence-electron chi connectivity index (χ3n) is 2.07. The number of carbonyl (C=O) groups is 2. The van der Waals surface area contributed by atoms with Gasteiger partial charge in [0.15, 0.2) is 0 Å². The van der Waals surface area contributed by atoms with Crippen LogP contribution >= 0.6 is 11.3 Å². The Labute approximate surface area is 97.5 Å². The molecule has 88 valence electrons. The van der Waals surface area contributed by atoms with Crippen LogP contribution in [0.3, 0.4) is 0 Å². The van der Waals surface area contributed by atoms with Crippen molar-refractivity contribution < 1.29 is 14.7 Å². The zero-order valence-electron chi connectivity index (χ0n) is 9.40. The molecular weight excluding hydrogens is 228 g/mol. The topological polar surface area (TPSA) is 79.3 Å². The number of carboxylic acid groups (broad SMARTS) is 1. The summed E-state index contributed by atoms with van der Waals surface area (Å²) in [7, 11) is 0. The average Bonchev–Trinajstić information content (AvgIpc) is 2.59. The summed E-state index contributed by atoms with van der Waals surface area (Å²) in [5, 5.41) is 12.0. The summed E-state index contributed by atoms with van der Waals surface area (Å²) < 4.78 is 0. The first kappa shape index (κ1) is 12.6. The van der Waals surface area contributed by atoms with Gasteiger partial charge in [-0.1, -0.05) is 6.92 Å². The van der Waals surface area contributed by atoms with Crippen LogP contribution in [0, 0.1) is 6.92 Å². The minimum atomic E-state index is -1.05. The molecule has 16 heavy (non-hydrogen) atoms. The Kier molecular flexibility index (Phi) is 4.00. The molecule has 0 saturated carbocycles. The third kappa shape index (κ3) is 2.79. The molecule has 0 unspecified atom stereocenters. The molecule has 0 aliphatic rings. The summed E-state index contributed by atoms with van der Waals surface area (Å²) in [5.41, 5.74) is 0.650. The number of aryl methyl sites for hydroxylation is 2. The number of thiazole rings is 1. The number of aliphatic carboxylic acids is 1. The minimum Gasteiger partial charge on any atom is -0.480 e. The fourth-order valence-electron chi connectivity index (χ4n) is 1.14. The van der Waals surface area contributed by atoms with Gasteiger partial charge in [0, 0.05) is 0 Å². The lowest BCUT2D eigenvalue weighted by Crippen LogP contribution is -2.38. The zero-order valence-corrected chi connectivity index (χ0v) is 10.2. The molecule has 0 aliphatic heterocycles. The highest BCUT2D eigenvalue weighted by Gasteiger charge is 2.19. The highest BCUT2D eigenvalue weighted by Crippen LogP contribution is 2.18. The SMILES string of the molecule is CCc1nc(C)c(C(=O)N[C@@H](C)C(=O)O)s1. The molecule has 1 heterocycles. The summed E-state index contributed by atoms with van der Waals surface area (Å²) in [4.78, 5) is 27.0. The van der Waals surface area contributed by atoms with Gasteiger partial charge in [-0.05, 0) is 20.3 Å². The lowest BCUT2D eigenvalue weighted by molar-refractivity contribution is -0.138. The Morgan fingerprint density at radius 3 is 2.62 bits per heavy atom. The number of carbonyl (C=O) groups excluding carboxylic acids is 1. The third-order valence-corrected chi connectivity index (χ3v) is 3.37. The second-order valence-corrected chi connectivity index (χ2v) is 4.49. The summed E-state index contributed by atoms with van der Waals surface area (Å²) in [6.07, 6.45) is 0.771. The number of hydrogen-bond donors (Lipinski definition) is 2. The van der Waals surface area contributed by atoms with Crippen molar-refractivity contribution >= 4 is 23.2 Å². The lowest BCUT2D eigenvalue weighted by Gasteiger charge is -2.07. The molecule has 1 atom stereocenters. The molecule has 0 bridgehead atoms. The Morgan fingerprint density at radius 2 is 2.19 bits per heavy atom. The molecular formula is C10H14N2O3S. The van der Waals surface area contributed by atoms with Crippen molar-refractivity contribution in [3.05, 3.63) is 15.6 Å². The molecule has 0 aromatic carbocycles. The summed E-state index contributed by atoms with van der Waals surface area (Å²) in [5.74, 6) is -1.42. The molecule has 6 heteroatoms. The second kappa shape index (κ2) is 5.07. The van der Waals surface area contributed by atoms with Crippen LogP contribution in [0.4, 0.5) is 0 Å². The highest BCUT2D eigenvalue weighted by molar-refractivity contribution is 7.13. The predicted octanol–water partition coefficient (Wildman–Crippen LogP) is 1.22. The summed E-state index contributed by atoms with van der Waals surface area (Å²) in [6.45, 7) is 5.13. The molecule has 1 aromatic heterocycles. The Morgan fingerprint density at radius 1 is 1.56 bits per heavy atom. The lowest BCUT2D eigenvalue weighted by atomic mass is 10.3. The minimum absolute atomic E-state index is 0.371. The number of nitrogens with one attached hydrogen (secondary N) is 1. The molecule has 1 amide bonds. The van der Waals surface area contributed by atoms with E-state index in [1.807, 2.05) is 6.92 Å². The maximum absolute atomic E-state index is 11.7. The van der Waals surface area contributed by atoms with Crippen molar-refractivity contribution in [1.29, 1.82) is 0 Å². The molecule has 1 aromatic rings. The number of nitrogens with zero attached hydrogens (tertiary/aromatic N) is 1. The first-order valence-corrected chi connectivity index (χ1v) is 5.77. The first-order chi connectivity index (χ1) is 7.45. The molecule has 0 fully saturated rings. The van der Waals surface area contributed by atoms with Gasteiger partial charge in [0.2, 0.25) is 0 Å². The fraction of sp³-hybridized carbons (Fsp3) is 0.500. The van der Waals surface area contributed by atoms with Crippen LogP contribution in [0.25, 0.3) is 0 Å². The number of amides is 1. The van der Waals surface area contributed by atoms with E-state index >= 15 is 0 Å². The molecule has 5 nitrogen and oxygen atoms in total. The Bertz CT molecular complexity index is 414. The van der Waals surface area contributed by atoms with Crippen molar-refractivity contribution in [1.82, 2.24) is 10.3 Å². The van der Waals surface area contributed by atoms with Gasteiger partial charge >= 0.3 is 5.97 Å². The molecule has 0 spiro atoms. The normalized spacial score (nSPS) is 12.2. The van der Waals surface area contributed by atoms with Gasteiger partial charge in [-0.15, -0.1) is 11.3 Å². The van der Waals surface area contributed by atoms with Gasteiger partial charge in [-0.2, -0.15) is 0 Å². The number of hydrogen-bond acceptors (Lipinski definition) is 4. The van der Waals surface area contributed by atoms with Crippen LogP contribution in [0.1, 0.15) is 34.2 Å². The number of carboxylic acids is 1. The Hall–Kier alpha value is -1.43. The van der Waals surface area contributed by atoms with E-state index in [9.17, 15) is 9.59 Å². The predicted molar refractivity (Wildman–Crippen MR) is 60.8 cm³/mol. The van der Waals surface area contributed by atoms with Crippen molar-refractivity contribution in [3.8, 4) is 0 Å². The van der Waals surface area contributed by atoms with E-state index in [4.69, 9.17) is 5.11 Å². The van der Waals surface area contributed by atoms with Gasteiger partial charge in [-0.3, -0.25) is 9.59 Å². The van der Waals surface area contributed by atoms with Crippen LogP contribution in [0.15, 0.2) is 0 Å². The van der Waals surface area contributed by atoms with Crippen LogP contribution in [-0.2, 0) is 11.2 Å². The number of aromatic nitrogens is 1. The van der Waals surface area contributed by atoms with Crippen molar-refractivity contribution in [2.75, 3.05) is 0 Å². The fourth-order valence-corrected chi connectivity index (χ4v) is 2.05. The maximum atomic E-state index is 11.7. The molecule has 0 saturated heterocycles. The van der Waals surface area contributed by atoms with Gasteiger partial charge in [-0.25, -0.2) is 4.98 Å². The monoisotopic (exact) mass is 242 g/mol. The average molecular weight is 242 g/mol. The first-order valence-electron chi connectivity index (χ1n) is 4.95. The van der Waals surface area contributed by atoms with E-state index in [1.54, 1.807) is 6.92 Å². The molecule has 0 radical (unpaired) electrons. The van der Waals surface area contributed by atoms with E-state index < -0.39 is 12.0 Å². The van der Waals surface area contributed by atoms with Crippen LogP contribution in [0.5, 0.6) is 0 Å².